The van der Waals surface area contributed by atoms with Crippen LogP contribution in [0.4, 0.5) is 5.69 Å². The third-order valence-electron chi connectivity index (χ3n) is 3.97. The average molecular weight is 357 g/mol. The maximum absolute atomic E-state index is 12.2. The molecule has 0 aliphatic heterocycles. The molecular weight excluding hydrogens is 338 g/mol. The van der Waals surface area contributed by atoms with Crippen LogP contribution < -0.4 is 10.5 Å². The highest BCUT2D eigenvalue weighted by Gasteiger charge is 2.14. The van der Waals surface area contributed by atoms with Gasteiger partial charge in [-0.05, 0) is 61.2 Å². The number of hydrogen-bond acceptors (Lipinski definition) is 4. The molecule has 0 atom stereocenters. The Morgan fingerprint density at radius 3 is 2.40 bits per heavy atom. The molecular formula is C18H19N3O3S. The minimum absolute atomic E-state index is 0.0296. The molecule has 2 aromatic rings. The van der Waals surface area contributed by atoms with E-state index in [1.54, 1.807) is 26.0 Å². The van der Waals surface area contributed by atoms with Crippen LogP contribution in [0.5, 0.6) is 0 Å². The number of primary sulfonamides is 1. The number of carbonyl (C=O) groups excluding carboxylic acids is 1. The maximum atomic E-state index is 12.2. The summed E-state index contributed by atoms with van der Waals surface area (Å²) in [6.45, 7) is 3.56. The number of benzene rings is 2. The van der Waals surface area contributed by atoms with E-state index in [0.29, 0.717) is 17.7 Å². The molecule has 2 rings (SSSR count). The van der Waals surface area contributed by atoms with Crippen molar-refractivity contribution in [3.05, 3.63) is 58.7 Å². The Kier molecular flexibility index (Phi) is 5.57. The molecule has 0 aliphatic rings. The van der Waals surface area contributed by atoms with Crippen LogP contribution in [0.25, 0.3) is 0 Å². The molecule has 0 saturated carbocycles. The van der Waals surface area contributed by atoms with Gasteiger partial charge in [0.2, 0.25) is 15.9 Å². The van der Waals surface area contributed by atoms with Crippen molar-refractivity contribution in [3.63, 3.8) is 0 Å². The van der Waals surface area contributed by atoms with Crippen molar-refractivity contribution in [3.8, 4) is 6.07 Å². The summed E-state index contributed by atoms with van der Waals surface area (Å²) in [5.41, 5.74) is 3.47. The van der Waals surface area contributed by atoms with E-state index < -0.39 is 10.0 Å². The van der Waals surface area contributed by atoms with Gasteiger partial charge in [-0.1, -0.05) is 12.1 Å². The van der Waals surface area contributed by atoms with E-state index in [0.717, 1.165) is 16.7 Å². The van der Waals surface area contributed by atoms with Crippen LogP contribution in [-0.2, 0) is 21.2 Å². The van der Waals surface area contributed by atoms with Crippen LogP contribution in [0.15, 0.2) is 41.3 Å². The molecule has 0 spiro atoms. The number of amides is 1. The fourth-order valence-corrected chi connectivity index (χ4v) is 2.96. The van der Waals surface area contributed by atoms with Crippen LogP contribution in [0.3, 0.4) is 0 Å². The van der Waals surface area contributed by atoms with E-state index in [9.17, 15) is 13.2 Å². The number of aryl methyl sites for hydroxylation is 2. The van der Waals surface area contributed by atoms with E-state index in [1.165, 1.54) is 12.1 Å². The molecule has 0 heterocycles. The Morgan fingerprint density at radius 1 is 1.20 bits per heavy atom. The van der Waals surface area contributed by atoms with Crippen molar-refractivity contribution in [2.45, 2.75) is 31.6 Å². The normalized spacial score (nSPS) is 11.0. The summed E-state index contributed by atoms with van der Waals surface area (Å²) in [4.78, 5) is 12.2. The minimum Gasteiger partial charge on any atom is -0.326 e. The molecule has 0 fully saturated rings. The fraction of sp³-hybridized carbons (Fsp3) is 0.222. The molecule has 0 aromatic heterocycles. The van der Waals surface area contributed by atoms with Crippen molar-refractivity contribution in [2.24, 2.45) is 5.14 Å². The smallest absolute Gasteiger partial charge is 0.238 e. The molecule has 130 valence electrons. The van der Waals surface area contributed by atoms with E-state index in [1.807, 2.05) is 18.2 Å². The van der Waals surface area contributed by atoms with E-state index >= 15 is 0 Å². The average Bonchev–Trinajstić information content (AvgIpc) is 2.56. The van der Waals surface area contributed by atoms with Gasteiger partial charge in [-0.15, -0.1) is 0 Å². The van der Waals surface area contributed by atoms with Crippen molar-refractivity contribution in [2.75, 3.05) is 5.32 Å². The standard InChI is InChI=1S/C18H19N3O3S/c1-12-9-16(25(20,23)24)10-17(13(12)2)21-18(22)8-7-14-3-5-15(11-19)6-4-14/h3-6,9-10H,7-8H2,1-2H3,(H,21,22)(H2,20,23,24). The van der Waals surface area contributed by atoms with Gasteiger partial charge in [0.05, 0.1) is 16.5 Å². The molecule has 25 heavy (non-hydrogen) atoms. The molecule has 1 amide bonds. The third-order valence-corrected chi connectivity index (χ3v) is 4.86. The fourth-order valence-electron chi connectivity index (χ4n) is 2.34. The second-order valence-electron chi connectivity index (χ2n) is 5.81. The Hall–Kier alpha value is -2.69. The van der Waals surface area contributed by atoms with Gasteiger partial charge >= 0.3 is 0 Å². The monoisotopic (exact) mass is 357 g/mol. The lowest BCUT2D eigenvalue weighted by atomic mass is 10.1. The number of hydrogen-bond donors (Lipinski definition) is 2. The zero-order valence-electron chi connectivity index (χ0n) is 14.0. The number of anilines is 1. The molecule has 7 heteroatoms. The van der Waals surface area contributed by atoms with Gasteiger partial charge in [-0.2, -0.15) is 5.26 Å². The van der Waals surface area contributed by atoms with Crippen molar-refractivity contribution in [1.82, 2.24) is 0 Å². The van der Waals surface area contributed by atoms with Crippen molar-refractivity contribution in [1.29, 1.82) is 5.26 Å². The Morgan fingerprint density at radius 2 is 1.84 bits per heavy atom. The summed E-state index contributed by atoms with van der Waals surface area (Å²) in [5.74, 6) is -0.224. The minimum atomic E-state index is -3.84. The molecule has 0 saturated heterocycles. The first kappa shape index (κ1) is 18.6. The molecule has 2 aromatic carbocycles. The van der Waals surface area contributed by atoms with Gasteiger partial charge in [0.1, 0.15) is 0 Å². The first-order valence-corrected chi connectivity index (χ1v) is 9.18. The first-order chi connectivity index (χ1) is 11.7. The SMILES string of the molecule is Cc1cc(S(N)(=O)=O)cc(NC(=O)CCc2ccc(C#N)cc2)c1C. The molecule has 0 unspecified atom stereocenters. The zero-order valence-corrected chi connectivity index (χ0v) is 14.9. The summed E-state index contributed by atoms with van der Waals surface area (Å²) >= 11 is 0. The first-order valence-electron chi connectivity index (χ1n) is 7.63. The summed E-state index contributed by atoms with van der Waals surface area (Å²) < 4.78 is 23.1. The number of rotatable bonds is 5. The predicted octanol–water partition coefficient (Wildman–Crippen LogP) is 2.39. The number of nitrogens with one attached hydrogen (secondary N) is 1. The highest BCUT2D eigenvalue weighted by atomic mass is 32.2. The Balaban J connectivity index is 2.09. The van der Waals surface area contributed by atoms with Gasteiger partial charge in [-0.3, -0.25) is 4.79 Å². The van der Waals surface area contributed by atoms with Gasteiger partial charge in [0.15, 0.2) is 0 Å². The quantitative estimate of drug-likeness (QED) is 0.855. The molecule has 6 nitrogen and oxygen atoms in total. The van der Waals surface area contributed by atoms with Gasteiger partial charge in [0, 0.05) is 12.1 Å². The highest BCUT2D eigenvalue weighted by molar-refractivity contribution is 7.89. The summed E-state index contributed by atoms with van der Waals surface area (Å²) in [6.07, 6.45) is 0.758. The third kappa shape index (κ3) is 4.89. The van der Waals surface area contributed by atoms with Gasteiger partial charge in [0.25, 0.3) is 0 Å². The molecule has 0 radical (unpaired) electrons. The Labute approximate surface area is 147 Å². The summed E-state index contributed by atoms with van der Waals surface area (Å²) in [7, 11) is -3.84. The van der Waals surface area contributed by atoms with Crippen LogP contribution in [0.2, 0.25) is 0 Å². The van der Waals surface area contributed by atoms with Gasteiger partial charge in [-0.25, -0.2) is 13.6 Å². The number of carbonyl (C=O) groups is 1. The predicted molar refractivity (Wildman–Crippen MR) is 95.4 cm³/mol. The highest BCUT2D eigenvalue weighted by Crippen LogP contribution is 2.23. The number of sulfonamides is 1. The van der Waals surface area contributed by atoms with Crippen molar-refractivity contribution >= 4 is 21.6 Å². The lowest BCUT2D eigenvalue weighted by molar-refractivity contribution is -0.116. The van der Waals surface area contributed by atoms with E-state index in [-0.39, 0.29) is 17.2 Å². The largest absolute Gasteiger partial charge is 0.326 e. The maximum Gasteiger partial charge on any atom is 0.238 e. The second kappa shape index (κ2) is 7.47. The van der Waals surface area contributed by atoms with Gasteiger partial charge < -0.3 is 5.32 Å². The topological polar surface area (TPSA) is 113 Å². The molecule has 0 bridgehead atoms. The van der Waals surface area contributed by atoms with E-state index in [2.05, 4.69) is 5.32 Å². The number of nitrogens with two attached hydrogens (primary N) is 1. The zero-order chi connectivity index (χ0) is 18.6. The van der Waals surface area contributed by atoms with Crippen LogP contribution in [0.1, 0.15) is 28.7 Å². The molecule has 0 aliphatic carbocycles. The lowest BCUT2D eigenvalue weighted by Crippen LogP contribution is -2.16. The number of nitrogens with zero attached hydrogens (tertiary/aromatic N) is 1. The second-order valence-corrected chi connectivity index (χ2v) is 7.38. The van der Waals surface area contributed by atoms with Crippen molar-refractivity contribution < 1.29 is 13.2 Å². The summed E-state index contributed by atoms with van der Waals surface area (Å²) in [5, 5.41) is 16.7. The van der Waals surface area contributed by atoms with Crippen LogP contribution >= 0.6 is 0 Å². The lowest BCUT2D eigenvalue weighted by Gasteiger charge is -2.13. The molecule has 3 N–H and O–H groups in total. The number of nitriles is 1. The van der Waals surface area contributed by atoms with Crippen LogP contribution in [0, 0.1) is 25.2 Å². The van der Waals surface area contributed by atoms with Crippen LogP contribution in [-0.4, -0.2) is 14.3 Å². The van der Waals surface area contributed by atoms with E-state index in [4.69, 9.17) is 10.4 Å². The Bertz CT molecular complexity index is 943. The summed E-state index contributed by atoms with van der Waals surface area (Å²) in [6, 6.07) is 11.9.